The summed E-state index contributed by atoms with van der Waals surface area (Å²) in [5.41, 5.74) is 5.59. The van der Waals surface area contributed by atoms with Crippen LogP contribution in [0.5, 0.6) is 0 Å². The normalized spacial score (nSPS) is 18.2. The van der Waals surface area contributed by atoms with Gasteiger partial charge in [0.25, 0.3) is 0 Å². The number of carbonyl (C=O) groups is 1. The third-order valence-electron chi connectivity index (χ3n) is 4.11. The number of amides is 1. The van der Waals surface area contributed by atoms with Crippen LogP contribution in [0.25, 0.3) is 0 Å². The number of fused-ring (bicyclic) bond motifs is 1. The minimum Gasteiger partial charge on any atom is -0.324 e. The summed E-state index contributed by atoms with van der Waals surface area (Å²) >= 11 is 0. The highest BCUT2D eigenvalue weighted by molar-refractivity contribution is 6.02. The van der Waals surface area contributed by atoms with Gasteiger partial charge in [0, 0.05) is 17.3 Å². The van der Waals surface area contributed by atoms with E-state index in [1.54, 1.807) is 0 Å². The van der Waals surface area contributed by atoms with E-state index < -0.39 is 0 Å². The van der Waals surface area contributed by atoms with Crippen LogP contribution >= 0.6 is 0 Å². The first kappa shape index (κ1) is 13.8. The minimum absolute atomic E-state index is 0.0241. The molecule has 0 saturated carbocycles. The lowest BCUT2D eigenvalue weighted by atomic mass is 10.00. The molecule has 3 rings (SSSR count). The Morgan fingerprint density at radius 2 is 1.90 bits per heavy atom. The summed E-state index contributed by atoms with van der Waals surface area (Å²) in [6, 6.07) is 14.2. The molecule has 0 saturated heterocycles. The predicted molar refractivity (Wildman–Crippen MR) is 85.3 cm³/mol. The van der Waals surface area contributed by atoms with Crippen molar-refractivity contribution in [1.29, 1.82) is 0 Å². The van der Waals surface area contributed by atoms with Crippen molar-refractivity contribution < 1.29 is 4.79 Å². The van der Waals surface area contributed by atoms with Crippen LogP contribution in [0.1, 0.15) is 41.3 Å². The SMILES string of the molecule is Cc1ccc2c(c1)C(NC(C)c1ccccc1C)C(=O)N2. The van der Waals surface area contributed by atoms with Gasteiger partial charge in [-0.1, -0.05) is 42.0 Å². The third kappa shape index (κ3) is 2.57. The Morgan fingerprint density at radius 3 is 2.67 bits per heavy atom. The maximum atomic E-state index is 12.2. The van der Waals surface area contributed by atoms with Crippen molar-refractivity contribution in [2.24, 2.45) is 0 Å². The van der Waals surface area contributed by atoms with Crippen molar-refractivity contribution in [3.8, 4) is 0 Å². The summed E-state index contributed by atoms with van der Waals surface area (Å²) in [5.74, 6) is 0.0241. The molecule has 108 valence electrons. The molecule has 0 fully saturated rings. The highest BCUT2D eigenvalue weighted by atomic mass is 16.2. The predicted octanol–water partition coefficient (Wildman–Crippen LogP) is 3.65. The van der Waals surface area contributed by atoms with E-state index in [0.29, 0.717) is 0 Å². The van der Waals surface area contributed by atoms with Crippen LogP contribution in [0.3, 0.4) is 0 Å². The summed E-state index contributed by atoms with van der Waals surface area (Å²) < 4.78 is 0. The van der Waals surface area contributed by atoms with Gasteiger partial charge in [-0.2, -0.15) is 0 Å². The van der Waals surface area contributed by atoms with Crippen molar-refractivity contribution >= 4 is 11.6 Å². The van der Waals surface area contributed by atoms with Crippen LogP contribution in [-0.4, -0.2) is 5.91 Å². The molecule has 1 aliphatic rings. The number of carbonyl (C=O) groups excluding carboxylic acids is 1. The summed E-state index contributed by atoms with van der Waals surface area (Å²) in [5, 5.41) is 6.40. The standard InChI is InChI=1S/C18H20N2O/c1-11-8-9-16-15(10-11)17(18(21)20-16)19-13(3)14-7-5-4-6-12(14)2/h4-10,13,17,19H,1-3H3,(H,20,21). The average molecular weight is 280 g/mol. The lowest BCUT2D eigenvalue weighted by Crippen LogP contribution is -2.30. The maximum Gasteiger partial charge on any atom is 0.246 e. The average Bonchev–Trinajstić information content (AvgIpc) is 2.75. The Hall–Kier alpha value is -2.13. The molecule has 3 heteroatoms. The topological polar surface area (TPSA) is 41.1 Å². The summed E-state index contributed by atoms with van der Waals surface area (Å²) in [6.07, 6.45) is 0. The van der Waals surface area contributed by atoms with Crippen molar-refractivity contribution in [1.82, 2.24) is 5.32 Å². The monoisotopic (exact) mass is 280 g/mol. The van der Waals surface area contributed by atoms with Gasteiger partial charge in [-0.3, -0.25) is 10.1 Å². The number of hydrogen-bond acceptors (Lipinski definition) is 2. The number of aryl methyl sites for hydroxylation is 2. The molecule has 3 nitrogen and oxygen atoms in total. The van der Waals surface area contributed by atoms with E-state index in [4.69, 9.17) is 0 Å². The first-order chi connectivity index (χ1) is 10.1. The summed E-state index contributed by atoms with van der Waals surface area (Å²) in [7, 11) is 0. The molecule has 2 unspecified atom stereocenters. The lowest BCUT2D eigenvalue weighted by molar-refractivity contribution is -0.117. The van der Waals surface area contributed by atoms with E-state index in [0.717, 1.165) is 11.3 Å². The quantitative estimate of drug-likeness (QED) is 0.901. The van der Waals surface area contributed by atoms with Gasteiger partial charge in [0.15, 0.2) is 0 Å². The molecule has 1 amide bonds. The summed E-state index contributed by atoms with van der Waals surface area (Å²) in [4.78, 5) is 12.2. The first-order valence-electron chi connectivity index (χ1n) is 7.29. The van der Waals surface area contributed by atoms with Crippen LogP contribution < -0.4 is 10.6 Å². The molecular formula is C18H20N2O. The Bertz CT molecular complexity index is 693. The number of benzene rings is 2. The second kappa shape index (κ2) is 5.34. The largest absolute Gasteiger partial charge is 0.324 e. The highest BCUT2D eigenvalue weighted by Crippen LogP contribution is 2.33. The molecule has 2 aromatic carbocycles. The fourth-order valence-corrected chi connectivity index (χ4v) is 2.96. The van der Waals surface area contributed by atoms with Gasteiger partial charge in [-0.15, -0.1) is 0 Å². The molecule has 0 aromatic heterocycles. The van der Waals surface area contributed by atoms with Crippen LogP contribution in [0, 0.1) is 13.8 Å². The van der Waals surface area contributed by atoms with E-state index in [9.17, 15) is 4.79 Å². The minimum atomic E-state index is -0.283. The molecule has 2 atom stereocenters. The number of nitrogens with one attached hydrogen (secondary N) is 2. The van der Waals surface area contributed by atoms with Crippen LogP contribution in [0.4, 0.5) is 5.69 Å². The smallest absolute Gasteiger partial charge is 0.246 e. The van der Waals surface area contributed by atoms with Gasteiger partial charge < -0.3 is 5.32 Å². The first-order valence-corrected chi connectivity index (χ1v) is 7.29. The van der Waals surface area contributed by atoms with Gasteiger partial charge in [0.1, 0.15) is 6.04 Å². The van der Waals surface area contributed by atoms with Crippen LogP contribution in [0.2, 0.25) is 0 Å². The van der Waals surface area contributed by atoms with E-state index in [1.165, 1.54) is 16.7 Å². The molecule has 0 aliphatic carbocycles. The van der Waals surface area contributed by atoms with E-state index >= 15 is 0 Å². The molecule has 1 aliphatic heterocycles. The molecule has 0 bridgehead atoms. The molecule has 2 aromatic rings. The second-order valence-corrected chi connectivity index (χ2v) is 5.76. The molecule has 1 heterocycles. The summed E-state index contributed by atoms with van der Waals surface area (Å²) in [6.45, 7) is 6.24. The molecule has 0 spiro atoms. The van der Waals surface area contributed by atoms with Crippen molar-refractivity contribution in [2.75, 3.05) is 5.32 Å². The van der Waals surface area contributed by atoms with Crippen molar-refractivity contribution in [2.45, 2.75) is 32.9 Å². The van der Waals surface area contributed by atoms with Crippen molar-refractivity contribution in [3.05, 3.63) is 64.7 Å². The Kier molecular flexibility index (Phi) is 3.52. The van der Waals surface area contributed by atoms with E-state index in [2.05, 4.69) is 42.7 Å². The fourth-order valence-electron chi connectivity index (χ4n) is 2.96. The molecular weight excluding hydrogens is 260 g/mol. The number of hydrogen-bond donors (Lipinski definition) is 2. The number of anilines is 1. The van der Waals surface area contributed by atoms with Gasteiger partial charge in [-0.05, 0) is 38.0 Å². The van der Waals surface area contributed by atoms with E-state index in [1.807, 2.05) is 31.2 Å². The molecule has 21 heavy (non-hydrogen) atoms. The van der Waals surface area contributed by atoms with Gasteiger partial charge in [-0.25, -0.2) is 0 Å². The van der Waals surface area contributed by atoms with E-state index in [-0.39, 0.29) is 18.0 Å². The number of rotatable bonds is 3. The zero-order valence-corrected chi connectivity index (χ0v) is 12.6. The molecule has 2 N–H and O–H groups in total. The van der Waals surface area contributed by atoms with Crippen LogP contribution in [0.15, 0.2) is 42.5 Å². The second-order valence-electron chi connectivity index (χ2n) is 5.76. The van der Waals surface area contributed by atoms with Gasteiger partial charge in [0.05, 0.1) is 0 Å². The zero-order valence-electron chi connectivity index (χ0n) is 12.6. The van der Waals surface area contributed by atoms with Gasteiger partial charge in [0.2, 0.25) is 5.91 Å². The Labute approximate surface area is 125 Å². The third-order valence-corrected chi connectivity index (χ3v) is 4.11. The maximum absolute atomic E-state index is 12.2. The zero-order chi connectivity index (χ0) is 15.0. The lowest BCUT2D eigenvalue weighted by Gasteiger charge is -2.20. The van der Waals surface area contributed by atoms with Gasteiger partial charge >= 0.3 is 0 Å². The Morgan fingerprint density at radius 1 is 1.14 bits per heavy atom. The van der Waals surface area contributed by atoms with Crippen molar-refractivity contribution in [3.63, 3.8) is 0 Å². The fraction of sp³-hybridized carbons (Fsp3) is 0.278. The Balaban J connectivity index is 1.87. The van der Waals surface area contributed by atoms with Crippen LogP contribution in [-0.2, 0) is 4.79 Å². The highest BCUT2D eigenvalue weighted by Gasteiger charge is 2.31. The molecule has 0 radical (unpaired) electrons.